The molecule has 0 N–H and O–H groups in total. The smallest absolute Gasteiger partial charge is 0.203 e. The minimum absolute atomic E-state index is 0.275. The van der Waals surface area contributed by atoms with Gasteiger partial charge in [-0.15, -0.1) is 0 Å². The van der Waals surface area contributed by atoms with Gasteiger partial charge in [0.25, 0.3) is 0 Å². The van der Waals surface area contributed by atoms with Gasteiger partial charge in [0.2, 0.25) is 10.1 Å². The summed E-state index contributed by atoms with van der Waals surface area (Å²) in [7, 11) is 4.75. The Morgan fingerprint density at radius 2 is 1.67 bits per heavy atom. The van der Waals surface area contributed by atoms with Crippen LogP contribution in [0.1, 0.15) is 6.92 Å². The maximum absolute atomic E-state index is 5.28. The number of methoxy groups -OCH3 is 3. The molecule has 0 bridgehead atoms. The van der Waals surface area contributed by atoms with E-state index in [-0.39, 0.29) is 11.8 Å². The molecule has 0 aliphatic rings. The minimum Gasteiger partial charge on any atom is -0.493 e. The van der Waals surface area contributed by atoms with Gasteiger partial charge in [-0.25, -0.2) is 0 Å². The number of hydrogen-bond donors (Lipinski definition) is 0. The summed E-state index contributed by atoms with van der Waals surface area (Å²) in [4.78, 5) is 0.989. The first kappa shape index (κ1) is 14.9. The highest BCUT2D eigenvalue weighted by atomic mass is 32.2. The number of ether oxygens (including phenoxy) is 4. The van der Waals surface area contributed by atoms with Crippen LogP contribution in [0.15, 0.2) is 17.0 Å². The molecule has 0 spiro atoms. The first-order valence-electron chi connectivity index (χ1n) is 5.40. The summed E-state index contributed by atoms with van der Waals surface area (Å²) in [5, 5.41) is 0. The van der Waals surface area contributed by atoms with Crippen LogP contribution in [0.4, 0.5) is 0 Å². The lowest BCUT2D eigenvalue weighted by atomic mass is 10.3. The quantitative estimate of drug-likeness (QED) is 0.779. The molecule has 0 amide bonds. The van der Waals surface area contributed by atoms with Crippen molar-refractivity contribution in [1.29, 1.82) is 0 Å². The van der Waals surface area contributed by atoms with Gasteiger partial charge >= 0.3 is 0 Å². The van der Waals surface area contributed by atoms with Crippen LogP contribution in [0, 0.1) is 0 Å². The van der Waals surface area contributed by atoms with Crippen LogP contribution in [-0.4, -0.2) is 32.3 Å². The highest BCUT2D eigenvalue weighted by Crippen LogP contribution is 2.41. The lowest BCUT2D eigenvalue weighted by molar-refractivity contribution is 0.323. The number of rotatable bonds is 5. The van der Waals surface area contributed by atoms with Crippen molar-refractivity contribution in [1.82, 2.24) is 0 Å². The highest BCUT2D eigenvalue weighted by Gasteiger charge is 2.13. The van der Waals surface area contributed by atoms with Crippen LogP contribution in [0.2, 0.25) is 0 Å². The van der Waals surface area contributed by atoms with Gasteiger partial charge in [-0.05, 0) is 36.2 Å². The zero-order chi connectivity index (χ0) is 13.5. The predicted octanol–water partition coefficient (Wildman–Crippen LogP) is 2.59. The highest BCUT2D eigenvalue weighted by molar-refractivity contribution is 8.22. The van der Waals surface area contributed by atoms with E-state index in [2.05, 4.69) is 0 Å². The van der Waals surface area contributed by atoms with Gasteiger partial charge in [0.1, 0.15) is 0 Å². The zero-order valence-electron chi connectivity index (χ0n) is 10.9. The molecule has 0 radical (unpaired) electrons. The molecule has 1 aromatic rings. The lowest BCUT2D eigenvalue weighted by Gasteiger charge is -2.15. The van der Waals surface area contributed by atoms with Gasteiger partial charge in [0, 0.05) is 0 Å². The van der Waals surface area contributed by atoms with Crippen molar-refractivity contribution in [3.8, 4) is 17.2 Å². The third kappa shape index (κ3) is 3.68. The summed E-state index contributed by atoms with van der Waals surface area (Å²) in [6.45, 7) is 2.49. The van der Waals surface area contributed by atoms with Crippen LogP contribution in [0.25, 0.3) is 0 Å². The van der Waals surface area contributed by atoms with E-state index < -0.39 is 0 Å². The summed E-state index contributed by atoms with van der Waals surface area (Å²) in [5.74, 6) is 1.83. The molecule has 0 aliphatic heterocycles. The van der Waals surface area contributed by atoms with E-state index >= 15 is 0 Å². The van der Waals surface area contributed by atoms with E-state index in [1.807, 2.05) is 19.1 Å². The summed E-state index contributed by atoms with van der Waals surface area (Å²) in [6, 6.07) is 3.76. The Bertz CT molecular complexity index is 396. The van der Waals surface area contributed by atoms with Crippen LogP contribution < -0.4 is 14.2 Å². The normalized spacial score (nSPS) is 10.9. The van der Waals surface area contributed by atoms with E-state index in [1.165, 1.54) is 0 Å². The second-order valence-corrected chi connectivity index (χ2v) is 5.27. The minimum atomic E-state index is 0.275. The average Bonchev–Trinajstić information content (AvgIpc) is 2.37. The molecule has 0 saturated heterocycles. The van der Waals surface area contributed by atoms with Gasteiger partial charge in [0.05, 0.1) is 27.9 Å². The summed E-state index contributed by atoms with van der Waals surface area (Å²) in [6.07, 6.45) is 0. The standard InChI is InChI=1S/C12H18O4S2/c1-5-16-12(17)18-8-6-9(13-2)11(15-4)10(7-8)14-3/h6-7H,5,18H2,1-4H3. The Kier molecular flexibility index (Phi) is 6.07. The molecule has 18 heavy (non-hydrogen) atoms. The van der Waals surface area contributed by atoms with Crippen molar-refractivity contribution in [3.05, 3.63) is 12.1 Å². The van der Waals surface area contributed by atoms with Gasteiger partial charge in [0.15, 0.2) is 11.5 Å². The Balaban J connectivity index is 3.03. The molecule has 4 nitrogen and oxygen atoms in total. The molecular weight excluding hydrogens is 272 g/mol. The average molecular weight is 290 g/mol. The first-order chi connectivity index (χ1) is 8.65. The summed E-state index contributed by atoms with van der Waals surface area (Å²) < 4.78 is 21.7. The third-order valence-corrected chi connectivity index (χ3v) is 3.54. The molecule has 6 heteroatoms. The molecule has 0 aliphatic carbocycles. The molecule has 1 rings (SSSR count). The van der Waals surface area contributed by atoms with Crippen molar-refractivity contribution in [2.45, 2.75) is 11.8 Å². The number of benzene rings is 1. The fourth-order valence-corrected chi connectivity index (χ4v) is 2.77. The van der Waals surface area contributed by atoms with E-state index in [0.29, 0.717) is 28.2 Å². The lowest BCUT2D eigenvalue weighted by Crippen LogP contribution is -1.98. The first-order valence-corrected chi connectivity index (χ1v) is 6.80. The fraction of sp³-hybridized carbons (Fsp3) is 0.417. The third-order valence-electron chi connectivity index (χ3n) is 2.19. The molecular formula is C12H18O4S2. The molecule has 0 atom stereocenters. The molecule has 0 saturated carbocycles. The molecule has 1 aromatic carbocycles. The monoisotopic (exact) mass is 290 g/mol. The van der Waals surface area contributed by atoms with Gasteiger partial charge in [-0.3, -0.25) is 0 Å². The maximum Gasteiger partial charge on any atom is 0.203 e. The molecule has 102 valence electrons. The van der Waals surface area contributed by atoms with Crippen molar-refractivity contribution < 1.29 is 18.9 Å². The number of thiocarbonyl (C=S) groups is 1. The Labute approximate surface area is 117 Å². The van der Waals surface area contributed by atoms with Crippen LogP contribution >= 0.6 is 24.0 Å². The maximum atomic E-state index is 5.28. The summed E-state index contributed by atoms with van der Waals surface area (Å²) in [5.41, 5.74) is 0. The predicted molar refractivity (Wildman–Crippen MR) is 79.0 cm³/mol. The topological polar surface area (TPSA) is 36.9 Å². The number of hydrogen-bond acceptors (Lipinski definition) is 5. The van der Waals surface area contributed by atoms with E-state index in [0.717, 1.165) is 4.90 Å². The van der Waals surface area contributed by atoms with Gasteiger partial charge in [-0.1, -0.05) is 0 Å². The fourth-order valence-electron chi connectivity index (χ4n) is 1.44. The Morgan fingerprint density at radius 1 is 1.11 bits per heavy atom. The van der Waals surface area contributed by atoms with E-state index in [4.69, 9.17) is 31.2 Å². The van der Waals surface area contributed by atoms with Crippen molar-refractivity contribution in [2.75, 3.05) is 27.9 Å². The van der Waals surface area contributed by atoms with Crippen molar-refractivity contribution in [3.63, 3.8) is 0 Å². The zero-order valence-corrected chi connectivity index (χ0v) is 12.7. The van der Waals surface area contributed by atoms with Crippen LogP contribution in [0.3, 0.4) is 0 Å². The SMILES string of the molecule is CCOC(=S)[SH2]c1cc(OC)c(OC)c(OC)c1. The molecule has 0 heterocycles. The molecule has 0 fully saturated rings. The molecule has 0 unspecified atom stereocenters. The van der Waals surface area contributed by atoms with Crippen molar-refractivity contribution in [2.24, 2.45) is 0 Å². The summed E-state index contributed by atoms with van der Waals surface area (Å²) >= 11 is 5.41. The molecule has 0 aromatic heterocycles. The van der Waals surface area contributed by atoms with Crippen LogP contribution in [0.5, 0.6) is 17.2 Å². The van der Waals surface area contributed by atoms with Gasteiger partial charge in [-0.2, -0.15) is 11.8 Å². The van der Waals surface area contributed by atoms with Crippen molar-refractivity contribution >= 4 is 28.4 Å². The second kappa shape index (κ2) is 7.33. The Morgan fingerprint density at radius 3 is 2.06 bits per heavy atom. The van der Waals surface area contributed by atoms with Crippen LogP contribution in [-0.2, 0) is 4.74 Å². The second-order valence-electron chi connectivity index (χ2n) is 3.26. The van der Waals surface area contributed by atoms with E-state index in [1.54, 1.807) is 21.3 Å². The largest absolute Gasteiger partial charge is 0.493 e. The Hall–Kier alpha value is -1.14. The van der Waals surface area contributed by atoms with Gasteiger partial charge < -0.3 is 18.9 Å². The van der Waals surface area contributed by atoms with E-state index in [9.17, 15) is 0 Å².